The number of piperidine rings is 1. The predicted octanol–water partition coefficient (Wildman–Crippen LogP) is 2.22. The zero-order chi connectivity index (χ0) is 13.7. The van der Waals surface area contributed by atoms with Gasteiger partial charge in [-0.3, -0.25) is 4.90 Å². The Labute approximate surface area is 114 Å². The second-order valence-corrected chi connectivity index (χ2v) is 4.88. The zero-order valence-electron chi connectivity index (χ0n) is 11.8. The lowest BCUT2D eigenvalue weighted by atomic mass is 10.0. The van der Waals surface area contributed by atoms with E-state index in [1.165, 1.54) is 19.3 Å². The normalized spacial score (nSPS) is 18.1. The Morgan fingerprint density at radius 3 is 2.47 bits per heavy atom. The maximum atomic E-state index is 9.78. The molecule has 4 nitrogen and oxygen atoms in total. The lowest BCUT2D eigenvalue weighted by molar-refractivity contribution is 0.102. The van der Waals surface area contributed by atoms with E-state index in [1.54, 1.807) is 14.2 Å². The second-order valence-electron chi connectivity index (χ2n) is 4.88. The third kappa shape index (κ3) is 3.01. The molecule has 1 unspecified atom stereocenters. The van der Waals surface area contributed by atoms with E-state index in [4.69, 9.17) is 9.47 Å². The molecule has 0 amide bonds. The standard InChI is InChI=1S/C15H23NO3/c1-18-14-8-6-7-12(15(14)19-2)13(11-17)16-9-4-3-5-10-16/h6-8,13,17H,3-5,9-11H2,1-2H3. The summed E-state index contributed by atoms with van der Waals surface area (Å²) >= 11 is 0. The van der Waals surface area contributed by atoms with Crippen LogP contribution in [0.4, 0.5) is 0 Å². The van der Waals surface area contributed by atoms with Crippen LogP contribution >= 0.6 is 0 Å². The second kappa shape index (κ2) is 6.78. The highest BCUT2D eigenvalue weighted by atomic mass is 16.5. The largest absolute Gasteiger partial charge is 0.493 e. The van der Waals surface area contributed by atoms with Gasteiger partial charge < -0.3 is 14.6 Å². The van der Waals surface area contributed by atoms with E-state index < -0.39 is 0 Å². The average molecular weight is 265 g/mol. The summed E-state index contributed by atoms with van der Waals surface area (Å²) in [6, 6.07) is 5.83. The van der Waals surface area contributed by atoms with Crippen LogP contribution in [0.2, 0.25) is 0 Å². The van der Waals surface area contributed by atoms with Gasteiger partial charge in [-0.25, -0.2) is 0 Å². The van der Waals surface area contributed by atoms with Crippen molar-refractivity contribution in [1.82, 2.24) is 4.90 Å². The summed E-state index contributed by atoms with van der Waals surface area (Å²) < 4.78 is 10.8. The summed E-state index contributed by atoms with van der Waals surface area (Å²) in [5.41, 5.74) is 1.01. The first kappa shape index (κ1) is 14.2. The van der Waals surface area contributed by atoms with Crippen LogP contribution in [0.25, 0.3) is 0 Å². The number of hydrogen-bond donors (Lipinski definition) is 1. The lowest BCUT2D eigenvalue weighted by Crippen LogP contribution is -2.35. The minimum atomic E-state index is -0.00894. The first-order valence-corrected chi connectivity index (χ1v) is 6.87. The molecule has 1 aromatic carbocycles. The van der Waals surface area contributed by atoms with E-state index in [1.807, 2.05) is 18.2 Å². The summed E-state index contributed by atoms with van der Waals surface area (Å²) in [4.78, 5) is 2.33. The van der Waals surface area contributed by atoms with Gasteiger partial charge in [0.2, 0.25) is 0 Å². The number of likely N-dealkylation sites (tertiary alicyclic amines) is 1. The molecule has 1 atom stereocenters. The summed E-state index contributed by atoms with van der Waals surface area (Å²) in [5.74, 6) is 1.45. The molecule has 0 radical (unpaired) electrons. The SMILES string of the molecule is COc1cccc(C(CO)N2CCCCC2)c1OC. The number of ether oxygens (including phenoxy) is 2. The van der Waals surface area contributed by atoms with E-state index >= 15 is 0 Å². The molecule has 1 aliphatic rings. The molecular weight excluding hydrogens is 242 g/mol. The van der Waals surface area contributed by atoms with Crippen molar-refractivity contribution in [1.29, 1.82) is 0 Å². The Balaban J connectivity index is 2.31. The first-order chi connectivity index (χ1) is 9.31. The molecule has 1 fully saturated rings. The third-order valence-electron chi connectivity index (χ3n) is 3.80. The Bertz CT molecular complexity index is 402. The number of nitrogens with zero attached hydrogens (tertiary/aromatic N) is 1. The number of para-hydroxylation sites is 1. The number of methoxy groups -OCH3 is 2. The van der Waals surface area contributed by atoms with Gasteiger partial charge in [0.1, 0.15) is 0 Å². The van der Waals surface area contributed by atoms with Crippen molar-refractivity contribution in [2.75, 3.05) is 33.9 Å². The van der Waals surface area contributed by atoms with E-state index in [0.29, 0.717) is 0 Å². The van der Waals surface area contributed by atoms with Gasteiger partial charge in [-0.05, 0) is 32.0 Å². The highest BCUT2D eigenvalue weighted by molar-refractivity contribution is 5.48. The Morgan fingerprint density at radius 1 is 1.16 bits per heavy atom. The fourth-order valence-corrected chi connectivity index (χ4v) is 2.81. The van der Waals surface area contributed by atoms with Crippen molar-refractivity contribution in [3.8, 4) is 11.5 Å². The Kier molecular flexibility index (Phi) is 5.05. The zero-order valence-corrected chi connectivity index (χ0v) is 11.8. The van der Waals surface area contributed by atoms with Crippen molar-refractivity contribution in [2.45, 2.75) is 25.3 Å². The first-order valence-electron chi connectivity index (χ1n) is 6.87. The molecular formula is C15H23NO3. The van der Waals surface area contributed by atoms with Gasteiger partial charge in [-0.1, -0.05) is 18.6 Å². The van der Waals surface area contributed by atoms with Crippen molar-refractivity contribution in [2.24, 2.45) is 0 Å². The van der Waals surface area contributed by atoms with Crippen molar-refractivity contribution >= 4 is 0 Å². The maximum absolute atomic E-state index is 9.78. The molecule has 1 aliphatic heterocycles. The minimum absolute atomic E-state index is 0.00894. The molecule has 0 bridgehead atoms. The van der Waals surface area contributed by atoms with Crippen molar-refractivity contribution in [3.63, 3.8) is 0 Å². The Hall–Kier alpha value is -1.26. The number of benzene rings is 1. The summed E-state index contributed by atoms with van der Waals surface area (Å²) in [6.07, 6.45) is 3.68. The third-order valence-corrected chi connectivity index (χ3v) is 3.80. The minimum Gasteiger partial charge on any atom is -0.493 e. The topological polar surface area (TPSA) is 41.9 Å². The molecule has 0 aromatic heterocycles. The maximum Gasteiger partial charge on any atom is 0.165 e. The molecule has 1 aromatic rings. The molecule has 1 saturated heterocycles. The van der Waals surface area contributed by atoms with Crippen molar-refractivity contribution in [3.05, 3.63) is 23.8 Å². The van der Waals surface area contributed by atoms with Crippen LogP contribution in [0.5, 0.6) is 11.5 Å². The van der Waals surface area contributed by atoms with Gasteiger partial charge in [0.25, 0.3) is 0 Å². The number of aliphatic hydroxyl groups is 1. The van der Waals surface area contributed by atoms with Crippen LogP contribution in [0, 0.1) is 0 Å². The van der Waals surface area contributed by atoms with Gasteiger partial charge in [0, 0.05) is 5.56 Å². The molecule has 0 saturated carbocycles. The quantitative estimate of drug-likeness (QED) is 0.886. The van der Waals surface area contributed by atoms with Crippen LogP contribution in [0.15, 0.2) is 18.2 Å². The number of hydrogen-bond acceptors (Lipinski definition) is 4. The number of aliphatic hydroxyl groups excluding tert-OH is 1. The average Bonchev–Trinajstić information content (AvgIpc) is 2.48. The van der Waals surface area contributed by atoms with Crippen LogP contribution in [0.3, 0.4) is 0 Å². The van der Waals surface area contributed by atoms with Gasteiger partial charge in [0.05, 0.1) is 26.9 Å². The van der Waals surface area contributed by atoms with Crippen LogP contribution in [0.1, 0.15) is 30.9 Å². The highest BCUT2D eigenvalue weighted by Gasteiger charge is 2.25. The fourth-order valence-electron chi connectivity index (χ4n) is 2.81. The van der Waals surface area contributed by atoms with E-state index in [0.717, 1.165) is 30.2 Å². The molecule has 0 spiro atoms. The monoisotopic (exact) mass is 265 g/mol. The fraction of sp³-hybridized carbons (Fsp3) is 0.600. The summed E-state index contributed by atoms with van der Waals surface area (Å²) in [7, 11) is 3.28. The predicted molar refractivity (Wildman–Crippen MR) is 74.8 cm³/mol. The lowest BCUT2D eigenvalue weighted by Gasteiger charge is -2.34. The van der Waals surface area contributed by atoms with Gasteiger partial charge in [-0.15, -0.1) is 0 Å². The molecule has 106 valence electrons. The number of rotatable bonds is 5. The van der Waals surface area contributed by atoms with Crippen LogP contribution in [-0.4, -0.2) is 43.9 Å². The van der Waals surface area contributed by atoms with Crippen LogP contribution in [-0.2, 0) is 0 Å². The Morgan fingerprint density at radius 2 is 1.89 bits per heavy atom. The summed E-state index contributed by atoms with van der Waals surface area (Å²) in [5, 5.41) is 9.78. The summed E-state index contributed by atoms with van der Waals surface area (Å²) in [6.45, 7) is 2.17. The van der Waals surface area contributed by atoms with Gasteiger partial charge >= 0.3 is 0 Å². The van der Waals surface area contributed by atoms with Crippen molar-refractivity contribution < 1.29 is 14.6 Å². The molecule has 0 aliphatic carbocycles. The smallest absolute Gasteiger partial charge is 0.165 e. The van der Waals surface area contributed by atoms with E-state index in [2.05, 4.69) is 4.90 Å². The van der Waals surface area contributed by atoms with E-state index in [-0.39, 0.29) is 12.6 Å². The van der Waals surface area contributed by atoms with Gasteiger partial charge in [-0.2, -0.15) is 0 Å². The molecule has 2 rings (SSSR count). The molecule has 4 heteroatoms. The molecule has 1 heterocycles. The van der Waals surface area contributed by atoms with Crippen LogP contribution < -0.4 is 9.47 Å². The van der Waals surface area contributed by atoms with E-state index in [9.17, 15) is 5.11 Å². The molecule has 1 N–H and O–H groups in total. The van der Waals surface area contributed by atoms with Gasteiger partial charge in [0.15, 0.2) is 11.5 Å². The highest BCUT2D eigenvalue weighted by Crippen LogP contribution is 2.37. The molecule has 19 heavy (non-hydrogen) atoms.